The van der Waals surface area contributed by atoms with Crippen LogP contribution >= 0.6 is 0 Å². The Morgan fingerprint density at radius 3 is 2.48 bits per heavy atom. The van der Waals surface area contributed by atoms with Crippen molar-refractivity contribution in [3.05, 3.63) is 58.5 Å². The maximum absolute atomic E-state index is 13.0. The number of aryl methyl sites for hydroxylation is 1. The van der Waals surface area contributed by atoms with Gasteiger partial charge in [-0.3, -0.25) is 14.2 Å². The fourth-order valence-electron chi connectivity index (χ4n) is 3.19. The van der Waals surface area contributed by atoms with E-state index in [-0.39, 0.29) is 23.8 Å². The van der Waals surface area contributed by atoms with Gasteiger partial charge in [0.1, 0.15) is 12.4 Å². The van der Waals surface area contributed by atoms with Gasteiger partial charge in [-0.05, 0) is 37.1 Å². The zero-order valence-corrected chi connectivity index (χ0v) is 15.6. The molecular formula is C20H25FN4O2. The molecule has 1 aromatic heterocycles. The number of benzene rings is 1. The van der Waals surface area contributed by atoms with Crippen LogP contribution in [-0.2, 0) is 17.8 Å². The van der Waals surface area contributed by atoms with Gasteiger partial charge in [0.05, 0.1) is 6.33 Å². The number of nitrogens with zero attached hydrogens (tertiary/aromatic N) is 4. The van der Waals surface area contributed by atoms with Crippen LogP contribution in [0.15, 0.2) is 41.5 Å². The number of hydrogen-bond acceptors (Lipinski definition) is 4. The number of halogens is 1. The van der Waals surface area contributed by atoms with E-state index < -0.39 is 0 Å². The van der Waals surface area contributed by atoms with Gasteiger partial charge in [-0.1, -0.05) is 13.3 Å². The first-order chi connectivity index (χ1) is 13.1. The van der Waals surface area contributed by atoms with Crippen molar-refractivity contribution >= 4 is 11.6 Å². The van der Waals surface area contributed by atoms with Crippen LogP contribution in [0.3, 0.4) is 0 Å². The Morgan fingerprint density at radius 2 is 1.85 bits per heavy atom. The molecule has 2 aromatic rings. The Kier molecular flexibility index (Phi) is 6.21. The van der Waals surface area contributed by atoms with Gasteiger partial charge in [-0.25, -0.2) is 9.37 Å². The summed E-state index contributed by atoms with van der Waals surface area (Å²) < 4.78 is 14.4. The summed E-state index contributed by atoms with van der Waals surface area (Å²) in [5, 5.41) is 0. The molecule has 1 aliphatic rings. The van der Waals surface area contributed by atoms with E-state index in [0.29, 0.717) is 26.2 Å². The molecule has 1 aromatic carbocycles. The molecule has 0 aliphatic carbocycles. The Balaban J connectivity index is 1.55. The second-order valence-electron chi connectivity index (χ2n) is 6.79. The largest absolute Gasteiger partial charge is 0.368 e. The predicted molar refractivity (Wildman–Crippen MR) is 102 cm³/mol. The Bertz CT molecular complexity index is 827. The van der Waals surface area contributed by atoms with Crippen molar-refractivity contribution in [1.82, 2.24) is 14.5 Å². The second kappa shape index (κ2) is 8.79. The predicted octanol–water partition coefficient (Wildman–Crippen LogP) is 2.07. The molecule has 3 rings (SSSR count). The molecule has 6 nitrogen and oxygen atoms in total. The number of amides is 1. The maximum atomic E-state index is 13.0. The van der Waals surface area contributed by atoms with Gasteiger partial charge in [0.2, 0.25) is 5.91 Å². The minimum absolute atomic E-state index is 0.0104. The first kappa shape index (κ1) is 19.1. The number of carbonyl (C=O) groups is 1. The minimum Gasteiger partial charge on any atom is -0.368 e. The second-order valence-corrected chi connectivity index (χ2v) is 6.79. The van der Waals surface area contributed by atoms with Crippen molar-refractivity contribution in [3.63, 3.8) is 0 Å². The highest BCUT2D eigenvalue weighted by Gasteiger charge is 2.21. The summed E-state index contributed by atoms with van der Waals surface area (Å²) in [5.74, 6) is -0.341. The molecule has 0 spiro atoms. The summed E-state index contributed by atoms with van der Waals surface area (Å²) in [7, 11) is 0. The molecule has 0 N–H and O–H groups in total. The van der Waals surface area contributed by atoms with Gasteiger partial charge in [0.25, 0.3) is 5.56 Å². The SMILES string of the molecule is CCCCc1cc(=O)n(CC(=O)N2CCN(c3ccc(F)cc3)CC2)cn1. The molecule has 0 atom stereocenters. The van der Waals surface area contributed by atoms with Gasteiger partial charge >= 0.3 is 0 Å². The van der Waals surface area contributed by atoms with Crippen LogP contribution in [0.25, 0.3) is 0 Å². The molecule has 7 heteroatoms. The average Bonchev–Trinajstić information content (AvgIpc) is 2.69. The highest BCUT2D eigenvalue weighted by Crippen LogP contribution is 2.17. The zero-order chi connectivity index (χ0) is 19.2. The van der Waals surface area contributed by atoms with Crippen molar-refractivity contribution in [1.29, 1.82) is 0 Å². The fourth-order valence-corrected chi connectivity index (χ4v) is 3.19. The summed E-state index contributed by atoms with van der Waals surface area (Å²) in [6, 6.07) is 7.90. The summed E-state index contributed by atoms with van der Waals surface area (Å²) in [6.07, 6.45) is 4.30. The van der Waals surface area contributed by atoms with Crippen molar-refractivity contribution in [2.24, 2.45) is 0 Å². The Hall–Kier alpha value is -2.70. The summed E-state index contributed by atoms with van der Waals surface area (Å²) in [5.41, 5.74) is 1.54. The zero-order valence-electron chi connectivity index (χ0n) is 15.6. The number of hydrogen-bond donors (Lipinski definition) is 0. The normalized spacial score (nSPS) is 14.4. The molecule has 0 radical (unpaired) electrons. The van der Waals surface area contributed by atoms with Crippen LogP contribution in [-0.4, -0.2) is 46.5 Å². The van der Waals surface area contributed by atoms with Crippen molar-refractivity contribution in [2.45, 2.75) is 32.7 Å². The van der Waals surface area contributed by atoms with Crippen molar-refractivity contribution in [2.75, 3.05) is 31.1 Å². The summed E-state index contributed by atoms with van der Waals surface area (Å²) in [4.78, 5) is 32.9. The molecule has 2 heterocycles. The molecule has 144 valence electrons. The molecule has 0 bridgehead atoms. The molecule has 0 saturated carbocycles. The van der Waals surface area contributed by atoms with Gasteiger partial charge in [-0.15, -0.1) is 0 Å². The number of unbranched alkanes of at least 4 members (excludes halogenated alkanes) is 1. The smallest absolute Gasteiger partial charge is 0.253 e. The third-order valence-electron chi connectivity index (χ3n) is 4.85. The highest BCUT2D eigenvalue weighted by molar-refractivity contribution is 5.76. The molecule has 27 heavy (non-hydrogen) atoms. The lowest BCUT2D eigenvalue weighted by Crippen LogP contribution is -2.50. The Morgan fingerprint density at radius 1 is 1.15 bits per heavy atom. The minimum atomic E-state index is -0.257. The monoisotopic (exact) mass is 372 g/mol. The number of carbonyl (C=O) groups excluding carboxylic acids is 1. The van der Waals surface area contributed by atoms with Crippen LogP contribution in [0.4, 0.5) is 10.1 Å². The molecule has 1 aliphatic heterocycles. The number of anilines is 1. The van der Waals surface area contributed by atoms with E-state index in [4.69, 9.17) is 0 Å². The van der Waals surface area contributed by atoms with Crippen LogP contribution in [0.5, 0.6) is 0 Å². The van der Waals surface area contributed by atoms with E-state index in [2.05, 4.69) is 16.8 Å². The molecular weight excluding hydrogens is 347 g/mol. The average molecular weight is 372 g/mol. The van der Waals surface area contributed by atoms with E-state index >= 15 is 0 Å². The standard InChI is InChI=1S/C20H25FN4O2/c1-2-3-4-17-13-19(26)25(15-22-17)14-20(27)24-11-9-23(10-12-24)18-7-5-16(21)6-8-18/h5-8,13,15H,2-4,9-12,14H2,1H3. The lowest BCUT2D eigenvalue weighted by Gasteiger charge is -2.36. The number of aromatic nitrogens is 2. The summed E-state index contributed by atoms with van der Waals surface area (Å²) in [6.45, 7) is 4.62. The first-order valence-corrected chi connectivity index (χ1v) is 9.40. The fraction of sp³-hybridized carbons (Fsp3) is 0.450. The molecule has 1 fully saturated rings. The third kappa shape index (κ3) is 4.93. The topological polar surface area (TPSA) is 58.4 Å². The lowest BCUT2D eigenvalue weighted by molar-refractivity contribution is -0.132. The molecule has 1 saturated heterocycles. The van der Waals surface area contributed by atoms with Crippen LogP contribution < -0.4 is 10.5 Å². The Labute approximate surface area is 158 Å². The number of piperazine rings is 1. The molecule has 1 amide bonds. The van der Waals surface area contributed by atoms with E-state index in [9.17, 15) is 14.0 Å². The van der Waals surface area contributed by atoms with Gasteiger partial charge in [-0.2, -0.15) is 0 Å². The van der Waals surface area contributed by atoms with E-state index in [1.807, 2.05) is 0 Å². The highest BCUT2D eigenvalue weighted by atomic mass is 19.1. The first-order valence-electron chi connectivity index (χ1n) is 9.40. The van der Waals surface area contributed by atoms with E-state index in [1.165, 1.54) is 29.1 Å². The van der Waals surface area contributed by atoms with E-state index in [1.54, 1.807) is 17.0 Å². The third-order valence-corrected chi connectivity index (χ3v) is 4.85. The maximum Gasteiger partial charge on any atom is 0.253 e. The summed E-state index contributed by atoms with van der Waals surface area (Å²) >= 11 is 0. The quantitative estimate of drug-likeness (QED) is 0.779. The van der Waals surface area contributed by atoms with Gasteiger partial charge < -0.3 is 9.80 Å². The van der Waals surface area contributed by atoms with Crippen LogP contribution in [0.2, 0.25) is 0 Å². The number of rotatable bonds is 6. The van der Waals surface area contributed by atoms with Crippen molar-refractivity contribution in [3.8, 4) is 0 Å². The van der Waals surface area contributed by atoms with Gasteiger partial charge in [0.15, 0.2) is 0 Å². The molecule has 0 unspecified atom stereocenters. The van der Waals surface area contributed by atoms with Crippen LogP contribution in [0, 0.1) is 5.82 Å². The van der Waals surface area contributed by atoms with E-state index in [0.717, 1.165) is 30.6 Å². The van der Waals surface area contributed by atoms with Crippen LogP contribution in [0.1, 0.15) is 25.5 Å². The van der Waals surface area contributed by atoms with Gasteiger partial charge in [0, 0.05) is 43.6 Å². The lowest BCUT2D eigenvalue weighted by atomic mass is 10.2. The van der Waals surface area contributed by atoms with Crippen molar-refractivity contribution < 1.29 is 9.18 Å².